The summed E-state index contributed by atoms with van der Waals surface area (Å²) in [5.74, 6) is -0.718. The van der Waals surface area contributed by atoms with E-state index in [-0.39, 0.29) is 6.42 Å². The standard InChI is InChI=1S/C20H30O3/c1-2-3-4-5-9-12-15-18-19(23-18)16-13-10-7-6-8-11-14-17-20(21)22/h3-4,6,8-10,12-13,18-19H,2,5,7,11,14-17H2,1H3,(H,21,22)/b4-3-,8-6-,12-9-,13-10-/t18-,19-/m1/s1. The third kappa shape index (κ3) is 11.6. The Morgan fingerprint density at radius 3 is 2.04 bits per heavy atom. The van der Waals surface area contributed by atoms with Gasteiger partial charge in [-0.15, -0.1) is 0 Å². The van der Waals surface area contributed by atoms with Gasteiger partial charge in [0.1, 0.15) is 0 Å². The first-order valence-corrected chi connectivity index (χ1v) is 8.71. The maximum atomic E-state index is 10.3. The van der Waals surface area contributed by atoms with E-state index < -0.39 is 5.97 Å². The largest absolute Gasteiger partial charge is 0.481 e. The summed E-state index contributed by atoms with van der Waals surface area (Å²) >= 11 is 0. The van der Waals surface area contributed by atoms with Gasteiger partial charge in [-0.2, -0.15) is 0 Å². The van der Waals surface area contributed by atoms with Crippen LogP contribution in [0.2, 0.25) is 0 Å². The van der Waals surface area contributed by atoms with Gasteiger partial charge in [0.05, 0.1) is 12.2 Å². The SMILES string of the molecule is CC/C=C\C/C=C\C[C@H]1O[C@@H]1C/C=C\C/C=C\CCCC(=O)O. The maximum Gasteiger partial charge on any atom is 0.303 e. The maximum absolute atomic E-state index is 10.3. The van der Waals surface area contributed by atoms with Crippen molar-refractivity contribution in [2.45, 2.75) is 70.5 Å². The van der Waals surface area contributed by atoms with E-state index in [9.17, 15) is 4.79 Å². The van der Waals surface area contributed by atoms with Crippen LogP contribution in [0.25, 0.3) is 0 Å². The third-order valence-electron chi connectivity index (χ3n) is 3.63. The minimum Gasteiger partial charge on any atom is -0.481 e. The average molecular weight is 318 g/mol. The number of hydrogen-bond acceptors (Lipinski definition) is 2. The Morgan fingerprint density at radius 2 is 1.48 bits per heavy atom. The zero-order valence-electron chi connectivity index (χ0n) is 14.2. The Labute approximate surface area is 140 Å². The van der Waals surface area contributed by atoms with Gasteiger partial charge in [-0.1, -0.05) is 55.5 Å². The van der Waals surface area contributed by atoms with Crippen molar-refractivity contribution in [3.05, 3.63) is 48.6 Å². The second-order valence-electron chi connectivity index (χ2n) is 5.74. The van der Waals surface area contributed by atoms with Gasteiger partial charge in [0, 0.05) is 6.42 Å². The number of carboxylic acids is 1. The van der Waals surface area contributed by atoms with E-state index in [1.165, 1.54) is 0 Å². The Balaban J connectivity index is 1.95. The number of hydrogen-bond donors (Lipinski definition) is 1. The van der Waals surface area contributed by atoms with Crippen molar-refractivity contribution in [2.24, 2.45) is 0 Å². The normalized spacial score (nSPS) is 21.3. The highest BCUT2D eigenvalue weighted by Gasteiger charge is 2.35. The zero-order valence-corrected chi connectivity index (χ0v) is 14.2. The molecule has 0 bridgehead atoms. The molecular formula is C20H30O3. The molecule has 3 nitrogen and oxygen atoms in total. The lowest BCUT2D eigenvalue weighted by Crippen LogP contribution is -1.92. The van der Waals surface area contributed by atoms with Crippen LogP contribution in [0.5, 0.6) is 0 Å². The summed E-state index contributed by atoms with van der Waals surface area (Å²) in [6.07, 6.45) is 24.9. The van der Waals surface area contributed by atoms with Crippen LogP contribution in [0.15, 0.2) is 48.6 Å². The molecule has 2 atom stereocenters. The molecule has 0 aromatic rings. The molecule has 1 rings (SSSR count). The topological polar surface area (TPSA) is 49.8 Å². The fourth-order valence-corrected chi connectivity index (χ4v) is 2.25. The van der Waals surface area contributed by atoms with E-state index in [4.69, 9.17) is 9.84 Å². The lowest BCUT2D eigenvalue weighted by atomic mass is 10.1. The van der Waals surface area contributed by atoms with Crippen LogP contribution in [-0.4, -0.2) is 23.3 Å². The summed E-state index contributed by atoms with van der Waals surface area (Å²) < 4.78 is 5.63. The fraction of sp³-hybridized carbons (Fsp3) is 0.550. The molecule has 0 amide bonds. The Kier molecular flexibility index (Phi) is 10.9. The van der Waals surface area contributed by atoms with Crippen LogP contribution >= 0.6 is 0 Å². The van der Waals surface area contributed by atoms with Crippen molar-refractivity contribution < 1.29 is 14.6 Å². The van der Waals surface area contributed by atoms with E-state index in [2.05, 4.69) is 55.5 Å². The molecule has 1 aliphatic rings. The van der Waals surface area contributed by atoms with Crippen LogP contribution in [0.1, 0.15) is 58.3 Å². The van der Waals surface area contributed by atoms with Crippen molar-refractivity contribution in [1.29, 1.82) is 0 Å². The van der Waals surface area contributed by atoms with Crippen LogP contribution < -0.4 is 0 Å². The van der Waals surface area contributed by atoms with Gasteiger partial charge in [-0.25, -0.2) is 0 Å². The highest BCUT2D eigenvalue weighted by molar-refractivity contribution is 5.66. The number of epoxide rings is 1. The minimum absolute atomic E-state index is 0.254. The van der Waals surface area contributed by atoms with Crippen molar-refractivity contribution in [2.75, 3.05) is 0 Å². The van der Waals surface area contributed by atoms with E-state index in [0.29, 0.717) is 12.2 Å². The molecule has 0 aromatic carbocycles. The van der Waals surface area contributed by atoms with Crippen LogP contribution in [0.3, 0.4) is 0 Å². The smallest absolute Gasteiger partial charge is 0.303 e. The van der Waals surface area contributed by atoms with Gasteiger partial charge >= 0.3 is 5.97 Å². The Hall–Kier alpha value is -1.61. The summed E-state index contributed by atoms with van der Waals surface area (Å²) in [6.45, 7) is 2.14. The molecule has 23 heavy (non-hydrogen) atoms. The minimum atomic E-state index is -0.718. The summed E-state index contributed by atoms with van der Waals surface area (Å²) in [7, 11) is 0. The van der Waals surface area contributed by atoms with Crippen LogP contribution in [-0.2, 0) is 9.53 Å². The van der Waals surface area contributed by atoms with Crippen LogP contribution in [0, 0.1) is 0 Å². The molecular weight excluding hydrogens is 288 g/mol. The highest BCUT2D eigenvalue weighted by Crippen LogP contribution is 2.29. The average Bonchev–Trinajstić information content (AvgIpc) is 3.27. The van der Waals surface area contributed by atoms with E-state index >= 15 is 0 Å². The third-order valence-corrected chi connectivity index (χ3v) is 3.63. The number of carboxylic acid groups (broad SMARTS) is 1. The van der Waals surface area contributed by atoms with E-state index in [0.717, 1.165) is 44.9 Å². The van der Waals surface area contributed by atoms with Crippen molar-refractivity contribution in [3.63, 3.8) is 0 Å². The number of ether oxygens (including phenoxy) is 1. The molecule has 3 heteroatoms. The molecule has 1 saturated heterocycles. The lowest BCUT2D eigenvalue weighted by Gasteiger charge is -1.90. The summed E-state index contributed by atoms with van der Waals surface area (Å²) in [5, 5.41) is 8.51. The molecule has 1 fully saturated rings. The van der Waals surface area contributed by atoms with Crippen LogP contribution in [0.4, 0.5) is 0 Å². The molecule has 0 saturated carbocycles. The van der Waals surface area contributed by atoms with Gasteiger partial charge in [-0.05, 0) is 44.9 Å². The summed E-state index contributed by atoms with van der Waals surface area (Å²) in [5.41, 5.74) is 0. The molecule has 0 unspecified atom stereocenters. The van der Waals surface area contributed by atoms with Gasteiger partial charge in [-0.3, -0.25) is 4.79 Å². The monoisotopic (exact) mass is 318 g/mol. The highest BCUT2D eigenvalue weighted by atomic mass is 16.6. The second-order valence-corrected chi connectivity index (χ2v) is 5.74. The molecule has 1 N–H and O–H groups in total. The number of unbranched alkanes of at least 4 members (excludes halogenated alkanes) is 1. The van der Waals surface area contributed by atoms with Gasteiger partial charge in [0.15, 0.2) is 0 Å². The lowest BCUT2D eigenvalue weighted by molar-refractivity contribution is -0.137. The Bertz CT molecular complexity index is 432. The fourth-order valence-electron chi connectivity index (χ4n) is 2.25. The van der Waals surface area contributed by atoms with Crippen molar-refractivity contribution in [1.82, 2.24) is 0 Å². The number of allylic oxidation sites excluding steroid dienone is 6. The first-order valence-electron chi connectivity index (χ1n) is 8.71. The zero-order chi connectivity index (χ0) is 16.8. The first-order chi connectivity index (χ1) is 11.2. The molecule has 0 aromatic heterocycles. The van der Waals surface area contributed by atoms with Gasteiger partial charge in [0.25, 0.3) is 0 Å². The first kappa shape index (κ1) is 19.4. The van der Waals surface area contributed by atoms with Crippen molar-refractivity contribution >= 4 is 5.97 Å². The van der Waals surface area contributed by atoms with Crippen molar-refractivity contribution in [3.8, 4) is 0 Å². The molecule has 128 valence electrons. The number of aliphatic carboxylic acids is 1. The molecule has 1 aliphatic heterocycles. The molecule has 0 radical (unpaired) electrons. The van der Waals surface area contributed by atoms with Gasteiger partial charge in [0.2, 0.25) is 0 Å². The molecule has 0 spiro atoms. The quantitative estimate of drug-likeness (QED) is 0.288. The Morgan fingerprint density at radius 1 is 0.913 bits per heavy atom. The van der Waals surface area contributed by atoms with E-state index in [1.807, 2.05) is 0 Å². The van der Waals surface area contributed by atoms with Gasteiger partial charge < -0.3 is 9.84 Å². The molecule has 1 heterocycles. The van der Waals surface area contributed by atoms with E-state index in [1.54, 1.807) is 0 Å². The summed E-state index contributed by atoms with van der Waals surface area (Å²) in [6, 6.07) is 0. The second kappa shape index (κ2) is 12.9. The molecule has 0 aliphatic carbocycles. The predicted molar refractivity (Wildman–Crippen MR) is 95.5 cm³/mol. The summed E-state index contributed by atoms with van der Waals surface area (Å²) in [4.78, 5) is 10.3. The number of carbonyl (C=O) groups is 1. The number of rotatable bonds is 13. The predicted octanol–water partition coefficient (Wildman–Crippen LogP) is 5.20.